The van der Waals surface area contributed by atoms with E-state index in [1.54, 1.807) is 0 Å². The summed E-state index contributed by atoms with van der Waals surface area (Å²) in [6.45, 7) is 4.98. The van der Waals surface area contributed by atoms with E-state index in [0.717, 1.165) is 54.7 Å². The van der Waals surface area contributed by atoms with Gasteiger partial charge in [0.2, 0.25) is 0 Å². The van der Waals surface area contributed by atoms with Crippen LogP contribution in [0.15, 0.2) is 48.5 Å². The molecule has 5 heteroatoms. The largest absolute Gasteiger partial charge is 0.494 e. The van der Waals surface area contributed by atoms with Crippen molar-refractivity contribution >= 4 is 0 Å². The van der Waals surface area contributed by atoms with E-state index in [1.165, 1.54) is 44.9 Å². The molecule has 2 nitrogen and oxygen atoms in total. The fraction of sp³-hybridized carbons (Fsp3) is 0.613. The molecule has 1 unspecified atom stereocenters. The SMILES string of the molecule is CCCCCCCCCCOc1ccc(-c2ccc(COC(CCCCCC)C(F)(F)F)cc2)cc1. The monoisotopic (exact) mass is 506 g/mol. The lowest BCUT2D eigenvalue weighted by Crippen LogP contribution is -2.31. The second-order valence-corrected chi connectivity index (χ2v) is 9.74. The standard InChI is InChI=1S/C31H45F3O2/c1-3-5-7-9-10-11-12-14-24-35-29-22-20-28(21-23-29)27-18-16-26(17-19-27)25-36-30(31(32,33)34)15-13-8-6-4-2/h16-23,30H,3-15,24-25H2,1-2H3. The second kappa shape index (κ2) is 17.4. The summed E-state index contributed by atoms with van der Waals surface area (Å²) in [5.41, 5.74) is 2.80. The normalized spacial score (nSPS) is 12.6. The zero-order chi connectivity index (χ0) is 26.1. The topological polar surface area (TPSA) is 18.5 Å². The smallest absolute Gasteiger partial charge is 0.414 e. The van der Waals surface area contributed by atoms with E-state index in [-0.39, 0.29) is 13.0 Å². The molecular formula is C31H45F3O2. The molecule has 0 N–H and O–H groups in total. The molecule has 0 amide bonds. The maximum absolute atomic E-state index is 13.3. The van der Waals surface area contributed by atoms with Crippen molar-refractivity contribution in [2.75, 3.05) is 6.61 Å². The van der Waals surface area contributed by atoms with Crippen LogP contribution in [0.25, 0.3) is 11.1 Å². The molecule has 0 heterocycles. The van der Waals surface area contributed by atoms with Gasteiger partial charge in [-0.2, -0.15) is 13.2 Å². The first-order valence-corrected chi connectivity index (χ1v) is 13.9. The van der Waals surface area contributed by atoms with Crippen LogP contribution in [-0.2, 0) is 11.3 Å². The predicted molar refractivity (Wildman–Crippen MR) is 143 cm³/mol. The van der Waals surface area contributed by atoms with Crippen LogP contribution in [-0.4, -0.2) is 18.9 Å². The summed E-state index contributed by atoms with van der Waals surface area (Å²) in [5.74, 6) is 0.865. The Labute approximate surface area is 216 Å². The van der Waals surface area contributed by atoms with Crippen LogP contribution in [0.1, 0.15) is 103 Å². The first-order chi connectivity index (χ1) is 17.4. The van der Waals surface area contributed by atoms with Crippen LogP contribution in [0.5, 0.6) is 5.75 Å². The molecule has 0 saturated heterocycles. The van der Waals surface area contributed by atoms with Gasteiger partial charge in [-0.1, -0.05) is 121 Å². The Morgan fingerprint density at radius 1 is 0.639 bits per heavy atom. The van der Waals surface area contributed by atoms with Gasteiger partial charge in [-0.25, -0.2) is 0 Å². The number of unbranched alkanes of at least 4 members (excludes halogenated alkanes) is 10. The lowest BCUT2D eigenvalue weighted by molar-refractivity contribution is -0.225. The number of benzene rings is 2. The van der Waals surface area contributed by atoms with Gasteiger partial charge in [-0.05, 0) is 41.7 Å². The van der Waals surface area contributed by atoms with E-state index in [1.807, 2.05) is 55.5 Å². The summed E-state index contributed by atoms with van der Waals surface area (Å²) in [6.07, 6.45) is 7.52. The van der Waals surface area contributed by atoms with Crippen molar-refractivity contribution in [3.8, 4) is 16.9 Å². The zero-order valence-corrected chi connectivity index (χ0v) is 22.3. The highest BCUT2D eigenvalue weighted by atomic mass is 19.4. The summed E-state index contributed by atoms with van der Waals surface area (Å²) in [5, 5.41) is 0. The van der Waals surface area contributed by atoms with Crippen molar-refractivity contribution in [3.63, 3.8) is 0 Å². The summed E-state index contributed by atoms with van der Waals surface area (Å²) < 4.78 is 51.1. The van der Waals surface area contributed by atoms with E-state index in [4.69, 9.17) is 9.47 Å². The summed E-state index contributed by atoms with van der Waals surface area (Å²) in [7, 11) is 0. The number of hydrogen-bond acceptors (Lipinski definition) is 2. The Kier molecular flexibility index (Phi) is 14.6. The third-order valence-corrected chi connectivity index (χ3v) is 6.54. The molecule has 1 atom stereocenters. The van der Waals surface area contributed by atoms with Gasteiger partial charge in [0.25, 0.3) is 0 Å². The van der Waals surface area contributed by atoms with E-state index >= 15 is 0 Å². The molecular weight excluding hydrogens is 461 g/mol. The molecule has 0 aliphatic heterocycles. The van der Waals surface area contributed by atoms with Crippen molar-refractivity contribution in [2.45, 2.75) is 116 Å². The van der Waals surface area contributed by atoms with E-state index in [0.29, 0.717) is 6.42 Å². The van der Waals surface area contributed by atoms with Crippen molar-refractivity contribution in [3.05, 3.63) is 54.1 Å². The number of alkyl halides is 3. The Balaban J connectivity index is 1.74. The van der Waals surface area contributed by atoms with Crippen molar-refractivity contribution in [2.24, 2.45) is 0 Å². The minimum atomic E-state index is -4.33. The highest BCUT2D eigenvalue weighted by molar-refractivity contribution is 5.64. The fourth-order valence-corrected chi connectivity index (χ4v) is 4.26. The molecule has 36 heavy (non-hydrogen) atoms. The summed E-state index contributed by atoms with van der Waals surface area (Å²) in [4.78, 5) is 0. The van der Waals surface area contributed by atoms with Gasteiger partial charge in [-0.3, -0.25) is 0 Å². The van der Waals surface area contributed by atoms with Gasteiger partial charge in [0.1, 0.15) is 5.75 Å². The van der Waals surface area contributed by atoms with Crippen LogP contribution in [0.2, 0.25) is 0 Å². The van der Waals surface area contributed by atoms with Crippen LogP contribution in [0.3, 0.4) is 0 Å². The molecule has 0 radical (unpaired) electrons. The van der Waals surface area contributed by atoms with Gasteiger partial charge < -0.3 is 9.47 Å². The number of rotatable bonds is 19. The highest BCUT2D eigenvalue weighted by Crippen LogP contribution is 2.29. The van der Waals surface area contributed by atoms with E-state index in [2.05, 4.69) is 6.92 Å². The Bertz CT molecular complexity index is 800. The van der Waals surface area contributed by atoms with Gasteiger partial charge in [0.15, 0.2) is 6.10 Å². The average molecular weight is 507 g/mol. The molecule has 0 aliphatic carbocycles. The lowest BCUT2D eigenvalue weighted by Gasteiger charge is -2.21. The molecule has 2 rings (SSSR count). The number of hydrogen-bond donors (Lipinski definition) is 0. The first-order valence-electron chi connectivity index (χ1n) is 13.9. The van der Waals surface area contributed by atoms with E-state index in [9.17, 15) is 13.2 Å². The molecule has 0 bridgehead atoms. The lowest BCUT2D eigenvalue weighted by atomic mass is 10.0. The van der Waals surface area contributed by atoms with E-state index < -0.39 is 12.3 Å². The van der Waals surface area contributed by atoms with Crippen molar-refractivity contribution in [1.29, 1.82) is 0 Å². The molecule has 0 aromatic heterocycles. The summed E-state index contributed by atoms with van der Waals surface area (Å²) in [6, 6.07) is 15.5. The third kappa shape index (κ3) is 12.3. The predicted octanol–water partition coefficient (Wildman–Crippen LogP) is 10.3. The Morgan fingerprint density at radius 2 is 1.14 bits per heavy atom. The fourth-order valence-electron chi connectivity index (χ4n) is 4.26. The molecule has 202 valence electrons. The quantitative estimate of drug-likeness (QED) is 0.176. The van der Waals surface area contributed by atoms with Crippen LogP contribution < -0.4 is 4.74 Å². The van der Waals surface area contributed by atoms with Gasteiger partial charge in [0.05, 0.1) is 13.2 Å². The average Bonchev–Trinajstić information content (AvgIpc) is 2.87. The first kappa shape index (κ1) is 30.2. The van der Waals surface area contributed by atoms with Gasteiger partial charge in [-0.15, -0.1) is 0 Å². The Morgan fingerprint density at radius 3 is 1.69 bits per heavy atom. The summed E-state index contributed by atoms with van der Waals surface area (Å²) >= 11 is 0. The molecule has 2 aromatic carbocycles. The maximum atomic E-state index is 13.3. The van der Waals surface area contributed by atoms with Crippen molar-refractivity contribution < 1.29 is 22.6 Å². The molecule has 0 spiro atoms. The molecule has 0 saturated carbocycles. The second-order valence-electron chi connectivity index (χ2n) is 9.74. The zero-order valence-electron chi connectivity index (χ0n) is 22.3. The molecule has 2 aromatic rings. The van der Waals surface area contributed by atoms with Crippen LogP contribution in [0, 0.1) is 0 Å². The molecule has 0 aliphatic rings. The number of halogens is 3. The number of ether oxygens (including phenoxy) is 2. The van der Waals surface area contributed by atoms with Crippen molar-refractivity contribution in [1.82, 2.24) is 0 Å². The van der Waals surface area contributed by atoms with Gasteiger partial charge >= 0.3 is 6.18 Å². The van der Waals surface area contributed by atoms with Gasteiger partial charge in [0, 0.05) is 0 Å². The minimum Gasteiger partial charge on any atom is -0.494 e. The Hall–Kier alpha value is -2.01. The highest BCUT2D eigenvalue weighted by Gasteiger charge is 2.40. The maximum Gasteiger partial charge on any atom is 0.414 e. The molecule has 0 fully saturated rings. The minimum absolute atomic E-state index is 0.0229. The van der Waals surface area contributed by atoms with Crippen LogP contribution in [0.4, 0.5) is 13.2 Å². The van der Waals surface area contributed by atoms with Crippen LogP contribution >= 0.6 is 0 Å². The third-order valence-electron chi connectivity index (χ3n) is 6.54.